The molecule has 0 aliphatic heterocycles. The van der Waals surface area contributed by atoms with Gasteiger partial charge < -0.3 is 10.5 Å². The maximum absolute atomic E-state index is 12.4. The third-order valence-electron chi connectivity index (χ3n) is 10.4. The first-order valence-electron chi connectivity index (χ1n) is 12.5. The molecule has 4 aliphatic rings. The summed E-state index contributed by atoms with van der Waals surface area (Å²) >= 11 is 0. The average Bonchev–Trinajstić information content (AvgIpc) is 3.05. The number of halogens is 1. The molecule has 0 aromatic carbocycles. The molecule has 2 N–H and O–H groups in total. The van der Waals surface area contributed by atoms with E-state index in [-0.39, 0.29) is 41.7 Å². The van der Waals surface area contributed by atoms with Crippen molar-refractivity contribution in [1.82, 2.24) is 0 Å². The molecule has 0 amide bonds. The standard InChI is InChI=1S/C26H43NO3.ClH/c1-15(2)23(27)24(29)30-18-10-12-25(4)17(14-18)6-7-19-21-9-8-20(16(3)28)26(21,5)13-11-22(19)25;/h15,17-23H,6-14,27H2,1-5H3;1H/t17-,18-,19-,20+,21-,22-,23-,25-,26+;/m0./s1. The van der Waals surface area contributed by atoms with Crippen molar-refractivity contribution < 1.29 is 14.3 Å². The largest absolute Gasteiger partial charge is 0.461 e. The summed E-state index contributed by atoms with van der Waals surface area (Å²) in [4.78, 5) is 24.7. The fourth-order valence-corrected chi connectivity index (χ4v) is 8.51. The first-order valence-corrected chi connectivity index (χ1v) is 12.5. The zero-order chi connectivity index (χ0) is 21.8. The molecular formula is C26H44ClNO3. The predicted molar refractivity (Wildman–Crippen MR) is 126 cm³/mol. The van der Waals surface area contributed by atoms with Crippen LogP contribution in [0.25, 0.3) is 0 Å². The van der Waals surface area contributed by atoms with Crippen LogP contribution in [0.15, 0.2) is 0 Å². The van der Waals surface area contributed by atoms with E-state index in [2.05, 4.69) is 13.8 Å². The summed E-state index contributed by atoms with van der Waals surface area (Å²) in [6.45, 7) is 10.7. The van der Waals surface area contributed by atoms with Gasteiger partial charge in [-0.25, -0.2) is 0 Å². The number of hydrogen-bond acceptors (Lipinski definition) is 4. The number of carbonyl (C=O) groups excluding carboxylic acids is 2. The van der Waals surface area contributed by atoms with Crippen molar-refractivity contribution in [2.24, 2.45) is 52.1 Å². The van der Waals surface area contributed by atoms with E-state index >= 15 is 0 Å². The van der Waals surface area contributed by atoms with Crippen LogP contribution in [0.4, 0.5) is 0 Å². The predicted octanol–water partition coefficient (Wildman–Crippen LogP) is 5.55. The van der Waals surface area contributed by atoms with Crippen LogP contribution in [0.5, 0.6) is 0 Å². The molecule has 4 fully saturated rings. The zero-order valence-corrected chi connectivity index (χ0v) is 21.0. The van der Waals surface area contributed by atoms with Crippen LogP contribution in [0.2, 0.25) is 0 Å². The minimum atomic E-state index is -0.512. The van der Waals surface area contributed by atoms with Crippen molar-refractivity contribution in [3.8, 4) is 0 Å². The van der Waals surface area contributed by atoms with Gasteiger partial charge in [0.15, 0.2) is 0 Å². The quantitative estimate of drug-likeness (QED) is 0.566. The van der Waals surface area contributed by atoms with Crippen LogP contribution in [-0.2, 0) is 14.3 Å². The monoisotopic (exact) mass is 453 g/mol. The lowest BCUT2D eigenvalue weighted by atomic mass is 9.44. The summed E-state index contributed by atoms with van der Waals surface area (Å²) in [7, 11) is 0. The second kappa shape index (κ2) is 8.97. The number of fused-ring (bicyclic) bond motifs is 5. The lowest BCUT2D eigenvalue weighted by Gasteiger charge is -2.61. The summed E-state index contributed by atoms with van der Waals surface area (Å²) < 4.78 is 5.87. The lowest BCUT2D eigenvalue weighted by Crippen LogP contribution is -2.54. The van der Waals surface area contributed by atoms with Crippen molar-refractivity contribution in [1.29, 1.82) is 0 Å². The second-order valence-electron chi connectivity index (χ2n) is 12.0. The average molecular weight is 454 g/mol. The van der Waals surface area contributed by atoms with E-state index in [1.807, 2.05) is 20.8 Å². The Labute approximate surface area is 195 Å². The molecule has 0 radical (unpaired) electrons. The van der Waals surface area contributed by atoms with Gasteiger partial charge in [-0.15, -0.1) is 12.4 Å². The molecule has 0 aromatic rings. The lowest BCUT2D eigenvalue weighted by molar-refractivity contribution is -0.165. The third-order valence-corrected chi connectivity index (χ3v) is 10.4. The molecule has 0 bridgehead atoms. The highest BCUT2D eigenvalue weighted by Gasteiger charge is 2.60. The number of ketones is 1. The first kappa shape index (κ1) is 25.0. The Hall–Kier alpha value is -0.610. The molecule has 4 nitrogen and oxygen atoms in total. The number of hydrogen-bond donors (Lipinski definition) is 1. The van der Waals surface area contributed by atoms with E-state index in [9.17, 15) is 9.59 Å². The molecule has 0 unspecified atom stereocenters. The van der Waals surface area contributed by atoms with Gasteiger partial charge in [-0.1, -0.05) is 27.7 Å². The molecular weight excluding hydrogens is 410 g/mol. The SMILES string of the molecule is CC(=O)[C@H]1CC[C@H]2[C@@H]3CC[C@H]4C[C@@H](OC(=O)[C@@H](N)C(C)C)CC[C@]4(C)[C@H]3CC[C@]12C.Cl. The minimum Gasteiger partial charge on any atom is -0.461 e. The Bertz CT molecular complexity index is 696. The number of rotatable bonds is 4. The molecule has 5 heteroatoms. The Kier molecular flexibility index (Phi) is 7.24. The van der Waals surface area contributed by atoms with Gasteiger partial charge in [0.25, 0.3) is 0 Å². The number of carbonyl (C=O) groups is 2. The fourth-order valence-electron chi connectivity index (χ4n) is 8.51. The Morgan fingerprint density at radius 3 is 2.23 bits per heavy atom. The zero-order valence-electron chi connectivity index (χ0n) is 20.2. The van der Waals surface area contributed by atoms with Gasteiger partial charge in [0.2, 0.25) is 0 Å². The van der Waals surface area contributed by atoms with Crippen LogP contribution in [-0.4, -0.2) is 23.9 Å². The number of ether oxygens (including phenoxy) is 1. The van der Waals surface area contributed by atoms with Crippen molar-refractivity contribution >= 4 is 24.2 Å². The van der Waals surface area contributed by atoms with Crippen LogP contribution in [0.3, 0.4) is 0 Å². The molecule has 178 valence electrons. The van der Waals surface area contributed by atoms with Crippen molar-refractivity contribution in [2.75, 3.05) is 0 Å². The maximum Gasteiger partial charge on any atom is 0.323 e. The highest BCUT2D eigenvalue weighted by Crippen LogP contribution is 2.67. The van der Waals surface area contributed by atoms with E-state index < -0.39 is 6.04 Å². The van der Waals surface area contributed by atoms with E-state index in [1.54, 1.807) is 0 Å². The molecule has 4 saturated carbocycles. The van der Waals surface area contributed by atoms with E-state index in [0.29, 0.717) is 17.1 Å². The molecule has 0 spiro atoms. The highest BCUT2D eigenvalue weighted by molar-refractivity contribution is 5.85. The van der Waals surface area contributed by atoms with Gasteiger partial charge in [-0.2, -0.15) is 0 Å². The number of nitrogens with two attached hydrogens (primary N) is 1. The minimum absolute atomic E-state index is 0. The molecule has 0 heterocycles. The second-order valence-corrected chi connectivity index (χ2v) is 12.0. The smallest absolute Gasteiger partial charge is 0.323 e. The number of Topliss-reactive ketones (excluding diaryl/α,β-unsaturated/α-hetero) is 1. The van der Waals surface area contributed by atoms with Crippen LogP contribution in [0.1, 0.15) is 92.4 Å². The molecule has 4 aliphatic carbocycles. The van der Waals surface area contributed by atoms with Gasteiger partial charge >= 0.3 is 5.97 Å². The first-order chi connectivity index (χ1) is 14.1. The van der Waals surface area contributed by atoms with Gasteiger partial charge in [0.05, 0.1) is 0 Å². The summed E-state index contributed by atoms with van der Waals surface area (Å²) in [5.74, 6) is 3.52. The Balaban J connectivity index is 0.00000272. The van der Waals surface area contributed by atoms with E-state index in [1.165, 1.54) is 32.1 Å². The van der Waals surface area contributed by atoms with E-state index in [4.69, 9.17) is 10.5 Å². The molecule has 0 saturated heterocycles. The van der Waals surface area contributed by atoms with Gasteiger partial charge in [0.1, 0.15) is 17.9 Å². The maximum atomic E-state index is 12.4. The third kappa shape index (κ3) is 4.09. The molecule has 31 heavy (non-hydrogen) atoms. The summed E-state index contributed by atoms with van der Waals surface area (Å²) in [6.07, 6.45) is 10.6. The van der Waals surface area contributed by atoms with Crippen molar-refractivity contribution in [3.63, 3.8) is 0 Å². The van der Waals surface area contributed by atoms with Crippen molar-refractivity contribution in [3.05, 3.63) is 0 Å². The van der Waals surface area contributed by atoms with E-state index in [0.717, 1.165) is 43.4 Å². The van der Waals surface area contributed by atoms with Gasteiger partial charge in [-0.3, -0.25) is 9.59 Å². The number of esters is 1. The Morgan fingerprint density at radius 1 is 0.935 bits per heavy atom. The summed E-state index contributed by atoms with van der Waals surface area (Å²) in [5, 5.41) is 0. The topological polar surface area (TPSA) is 69.4 Å². The van der Waals surface area contributed by atoms with Gasteiger partial charge in [0, 0.05) is 5.92 Å². The highest BCUT2D eigenvalue weighted by atomic mass is 35.5. The van der Waals surface area contributed by atoms with Crippen LogP contribution < -0.4 is 5.73 Å². The Morgan fingerprint density at radius 2 is 1.58 bits per heavy atom. The molecule has 9 atom stereocenters. The molecule has 0 aromatic heterocycles. The summed E-state index contributed by atoms with van der Waals surface area (Å²) in [6, 6.07) is -0.512. The normalized spacial score (nSPS) is 45.0. The van der Waals surface area contributed by atoms with Crippen LogP contribution in [0, 0.1) is 46.3 Å². The van der Waals surface area contributed by atoms with Crippen LogP contribution >= 0.6 is 12.4 Å². The summed E-state index contributed by atoms with van der Waals surface area (Å²) in [5.41, 5.74) is 6.61. The fraction of sp³-hybridized carbons (Fsp3) is 0.923. The van der Waals surface area contributed by atoms with Crippen molar-refractivity contribution in [2.45, 2.75) is 105 Å². The van der Waals surface area contributed by atoms with Gasteiger partial charge in [-0.05, 0) is 105 Å². The molecule has 4 rings (SSSR count).